The summed E-state index contributed by atoms with van der Waals surface area (Å²) in [5.74, 6) is 0. The van der Waals surface area contributed by atoms with Crippen LogP contribution in [0.25, 0.3) is 10.9 Å². The predicted molar refractivity (Wildman–Crippen MR) is 58.0 cm³/mol. The molecule has 14 heavy (non-hydrogen) atoms. The van der Waals surface area contributed by atoms with Crippen LogP contribution in [-0.2, 0) is 18.4 Å². The molecule has 3 nitrogen and oxygen atoms in total. The van der Waals surface area contributed by atoms with E-state index in [1.165, 1.54) is 10.9 Å². The largest absolute Gasteiger partial charge is 0.397 e. The summed E-state index contributed by atoms with van der Waals surface area (Å²) in [6.45, 7) is 0.626. The Morgan fingerprint density at radius 3 is 2.93 bits per heavy atom. The van der Waals surface area contributed by atoms with Gasteiger partial charge in [0.25, 0.3) is 0 Å². The molecule has 1 aromatic carbocycles. The molecule has 2 aromatic rings. The fourth-order valence-electron chi connectivity index (χ4n) is 1.85. The normalized spacial score (nSPS) is 11.0. The number of hydrogen-bond donors (Lipinski definition) is 1. The highest BCUT2D eigenvalue weighted by atomic mass is 16.5. The van der Waals surface area contributed by atoms with E-state index in [9.17, 15) is 0 Å². The standard InChI is InChI=1S/C11H14N2O/c1-13-6-8(7-14-2)9-4-3-5-10(12)11(9)13/h3-6H,7,12H2,1-2H3. The van der Waals surface area contributed by atoms with E-state index in [4.69, 9.17) is 10.5 Å². The number of anilines is 1. The number of para-hydroxylation sites is 1. The van der Waals surface area contributed by atoms with Crippen LogP contribution in [0.5, 0.6) is 0 Å². The summed E-state index contributed by atoms with van der Waals surface area (Å²) in [7, 11) is 3.70. The summed E-state index contributed by atoms with van der Waals surface area (Å²) in [5.41, 5.74) is 8.98. The van der Waals surface area contributed by atoms with Crippen LogP contribution in [0.1, 0.15) is 5.56 Å². The van der Waals surface area contributed by atoms with Gasteiger partial charge < -0.3 is 15.0 Å². The van der Waals surface area contributed by atoms with Crippen molar-refractivity contribution in [1.82, 2.24) is 4.57 Å². The fraction of sp³-hybridized carbons (Fsp3) is 0.273. The molecular weight excluding hydrogens is 176 g/mol. The van der Waals surface area contributed by atoms with Gasteiger partial charge in [0.05, 0.1) is 17.8 Å². The lowest BCUT2D eigenvalue weighted by Crippen LogP contribution is -1.91. The van der Waals surface area contributed by atoms with Crippen molar-refractivity contribution >= 4 is 16.6 Å². The lowest BCUT2D eigenvalue weighted by atomic mass is 10.1. The van der Waals surface area contributed by atoms with Crippen LogP contribution in [0, 0.1) is 0 Å². The number of fused-ring (bicyclic) bond motifs is 1. The Balaban J connectivity index is 2.71. The minimum absolute atomic E-state index is 0.626. The second-order valence-electron chi connectivity index (χ2n) is 3.44. The number of aromatic nitrogens is 1. The van der Waals surface area contributed by atoms with Crippen molar-refractivity contribution in [2.24, 2.45) is 7.05 Å². The average molecular weight is 190 g/mol. The van der Waals surface area contributed by atoms with Crippen LogP contribution >= 0.6 is 0 Å². The summed E-state index contributed by atoms with van der Waals surface area (Å²) in [5, 5.41) is 1.18. The predicted octanol–water partition coefficient (Wildman–Crippen LogP) is 1.91. The van der Waals surface area contributed by atoms with Crippen LogP contribution in [0.4, 0.5) is 5.69 Å². The van der Waals surface area contributed by atoms with E-state index in [1.807, 2.05) is 23.7 Å². The Morgan fingerprint density at radius 2 is 2.21 bits per heavy atom. The van der Waals surface area contributed by atoms with Crippen molar-refractivity contribution in [3.05, 3.63) is 30.0 Å². The molecule has 1 aromatic heterocycles. The molecular formula is C11H14N2O. The summed E-state index contributed by atoms with van der Waals surface area (Å²) in [6.07, 6.45) is 2.06. The first kappa shape index (κ1) is 9.09. The number of nitrogens with zero attached hydrogens (tertiary/aromatic N) is 1. The molecule has 1 heterocycles. The van der Waals surface area contributed by atoms with E-state index >= 15 is 0 Å². The van der Waals surface area contributed by atoms with Crippen LogP contribution < -0.4 is 5.73 Å². The van der Waals surface area contributed by atoms with E-state index in [0.717, 1.165) is 11.2 Å². The van der Waals surface area contributed by atoms with Crippen molar-refractivity contribution in [1.29, 1.82) is 0 Å². The van der Waals surface area contributed by atoms with Gasteiger partial charge in [-0.1, -0.05) is 12.1 Å². The van der Waals surface area contributed by atoms with Gasteiger partial charge in [-0.2, -0.15) is 0 Å². The number of methoxy groups -OCH3 is 1. The van der Waals surface area contributed by atoms with Gasteiger partial charge in [-0.25, -0.2) is 0 Å². The zero-order valence-electron chi connectivity index (χ0n) is 8.45. The zero-order chi connectivity index (χ0) is 10.1. The van der Waals surface area contributed by atoms with E-state index < -0.39 is 0 Å². The SMILES string of the molecule is COCc1cn(C)c2c(N)cccc12. The maximum atomic E-state index is 5.90. The topological polar surface area (TPSA) is 40.2 Å². The molecule has 74 valence electrons. The molecule has 0 radical (unpaired) electrons. The quantitative estimate of drug-likeness (QED) is 0.735. The zero-order valence-corrected chi connectivity index (χ0v) is 8.45. The number of ether oxygens (including phenoxy) is 1. The first-order chi connectivity index (χ1) is 6.74. The number of hydrogen-bond acceptors (Lipinski definition) is 2. The Morgan fingerprint density at radius 1 is 1.43 bits per heavy atom. The van der Waals surface area contributed by atoms with Gasteiger partial charge >= 0.3 is 0 Å². The smallest absolute Gasteiger partial charge is 0.0733 e. The highest BCUT2D eigenvalue weighted by molar-refractivity contribution is 5.93. The molecule has 0 saturated carbocycles. The Kier molecular flexibility index (Phi) is 2.17. The lowest BCUT2D eigenvalue weighted by molar-refractivity contribution is 0.186. The molecule has 0 amide bonds. The van der Waals surface area contributed by atoms with Gasteiger partial charge in [0.1, 0.15) is 0 Å². The molecule has 0 saturated heterocycles. The summed E-state index contributed by atoms with van der Waals surface area (Å²) < 4.78 is 7.18. The van der Waals surface area contributed by atoms with Crippen molar-refractivity contribution in [3.8, 4) is 0 Å². The highest BCUT2D eigenvalue weighted by Crippen LogP contribution is 2.25. The second kappa shape index (κ2) is 3.35. The van der Waals surface area contributed by atoms with Gasteiger partial charge in [0, 0.05) is 31.3 Å². The minimum atomic E-state index is 0.626. The van der Waals surface area contributed by atoms with Gasteiger partial charge in [0.2, 0.25) is 0 Å². The van der Waals surface area contributed by atoms with E-state index in [0.29, 0.717) is 6.61 Å². The molecule has 3 heteroatoms. The number of nitrogens with two attached hydrogens (primary N) is 1. The van der Waals surface area contributed by atoms with Crippen LogP contribution in [0.15, 0.2) is 24.4 Å². The minimum Gasteiger partial charge on any atom is -0.397 e. The van der Waals surface area contributed by atoms with Crippen molar-refractivity contribution in [2.45, 2.75) is 6.61 Å². The first-order valence-corrected chi connectivity index (χ1v) is 4.55. The Hall–Kier alpha value is -1.48. The third-order valence-corrected chi connectivity index (χ3v) is 2.42. The second-order valence-corrected chi connectivity index (χ2v) is 3.44. The van der Waals surface area contributed by atoms with Crippen LogP contribution in [-0.4, -0.2) is 11.7 Å². The van der Waals surface area contributed by atoms with E-state index in [2.05, 4.69) is 12.3 Å². The van der Waals surface area contributed by atoms with E-state index in [-0.39, 0.29) is 0 Å². The van der Waals surface area contributed by atoms with Crippen LogP contribution in [0.2, 0.25) is 0 Å². The first-order valence-electron chi connectivity index (χ1n) is 4.55. The molecule has 0 atom stereocenters. The van der Waals surface area contributed by atoms with Crippen molar-refractivity contribution in [2.75, 3.05) is 12.8 Å². The molecule has 0 unspecified atom stereocenters. The summed E-state index contributed by atoms with van der Waals surface area (Å²) in [4.78, 5) is 0. The molecule has 0 aliphatic rings. The van der Waals surface area contributed by atoms with Crippen LogP contribution in [0.3, 0.4) is 0 Å². The molecule has 0 aliphatic heterocycles. The molecule has 0 aliphatic carbocycles. The van der Waals surface area contributed by atoms with Gasteiger partial charge in [-0.05, 0) is 6.07 Å². The third kappa shape index (κ3) is 1.26. The summed E-state index contributed by atoms with van der Waals surface area (Å²) in [6, 6.07) is 5.95. The van der Waals surface area contributed by atoms with Gasteiger partial charge in [-0.15, -0.1) is 0 Å². The number of nitrogen functional groups attached to an aromatic ring is 1. The Labute approximate surface area is 83.1 Å². The summed E-state index contributed by atoms with van der Waals surface area (Å²) >= 11 is 0. The fourth-order valence-corrected chi connectivity index (χ4v) is 1.85. The molecule has 0 fully saturated rings. The number of aryl methyl sites for hydroxylation is 1. The molecule has 2 rings (SSSR count). The number of benzene rings is 1. The van der Waals surface area contributed by atoms with Crippen molar-refractivity contribution < 1.29 is 4.74 Å². The molecule has 0 bridgehead atoms. The van der Waals surface area contributed by atoms with Gasteiger partial charge in [-0.3, -0.25) is 0 Å². The lowest BCUT2D eigenvalue weighted by Gasteiger charge is -2.00. The van der Waals surface area contributed by atoms with E-state index in [1.54, 1.807) is 7.11 Å². The number of rotatable bonds is 2. The maximum Gasteiger partial charge on any atom is 0.0733 e. The highest BCUT2D eigenvalue weighted by Gasteiger charge is 2.07. The Bertz CT molecular complexity index is 460. The third-order valence-electron chi connectivity index (χ3n) is 2.42. The molecule has 0 spiro atoms. The maximum absolute atomic E-state index is 5.90. The monoisotopic (exact) mass is 190 g/mol. The van der Waals surface area contributed by atoms with Gasteiger partial charge in [0.15, 0.2) is 0 Å². The average Bonchev–Trinajstić information content (AvgIpc) is 2.46. The molecule has 2 N–H and O–H groups in total. The van der Waals surface area contributed by atoms with Crippen molar-refractivity contribution in [3.63, 3.8) is 0 Å².